The minimum absolute atomic E-state index is 0.144. The number of ether oxygens (including phenoxy) is 2. The van der Waals surface area contributed by atoms with Crippen LogP contribution >= 0.6 is 0 Å². The minimum Gasteiger partial charge on any atom is -0.491 e. The Labute approximate surface area is 217 Å². The number of fused-ring (bicyclic) bond motifs is 1. The average molecular weight is 502 g/mol. The van der Waals surface area contributed by atoms with Gasteiger partial charge in [0.25, 0.3) is 0 Å². The molecule has 2 aromatic carbocycles. The van der Waals surface area contributed by atoms with Gasteiger partial charge in [0.2, 0.25) is 0 Å². The maximum atomic E-state index is 14.7. The van der Waals surface area contributed by atoms with Gasteiger partial charge >= 0.3 is 0 Å². The summed E-state index contributed by atoms with van der Waals surface area (Å²) in [4.78, 5) is 24.3. The first-order valence-electron chi connectivity index (χ1n) is 12.8. The van der Waals surface area contributed by atoms with E-state index in [4.69, 9.17) is 14.5 Å². The Bertz CT molecular complexity index is 1280. The number of halogens is 1. The van der Waals surface area contributed by atoms with Crippen LogP contribution in [-0.2, 0) is 17.8 Å². The SMILES string of the molecule is COCCOc1cccc(F)c1CN1CCC[C@@H](CC(=O)c2ccc3c(c2)C(c2ccncc2)=NC3)C1. The molecule has 0 saturated carbocycles. The van der Waals surface area contributed by atoms with E-state index < -0.39 is 0 Å². The van der Waals surface area contributed by atoms with Gasteiger partial charge in [0, 0.05) is 61.3 Å². The molecule has 2 aliphatic rings. The number of piperidine rings is 1. The molecule has 37 heavy (non-hydrogen) atoms. The fourth-order valence-corrected chi connectivity index (χ4v) is 5.24. The molecule has 0 aliphatic carbocycles. The van der Waals surface area contributed by atoms with Gasteiger partial charge in [-0.15, -0.1) is 0 Å². The van der Waals surface area contributed by atoms with Gasteiger partial charge in [-0.3, -0.25) is 19.7 Å². The normalized spacial score (nSPS) is 17.4. The summed E-state index contributed by atoms with van der Waals surface area (Å²) in [5.41, 5.74) is 5.39. The van der Waals surface area contributed by atoms with Crippen molar-refractivity contribution in [1.82, 2.24) is 9.88 Å². The predicted molar refractivity (Wildman–Crippen MR) is 141 cm³/mol. The lowest BCUT2D eigenvalue weighted by atomic mass is 9.89. The maximum Gasteiger partial charge on any atom is 0.163 e. The van der Waals surface area contributed by atoms with Crippen molar-refractivity contribution in [2.24, 2.45) is 10.9 Å². The van der Waals surface area contributed by atoms with Gasteiger partial charge < -0.3 is 9.47 Å². The molecule has 3 aromatic rings. The van der Waals surface area contributed by atoms with E-state index in [-0.39, 0.29) is 17.5 Å². The maximum absolute atomic E-state index is 14.7. The number of carbonyl (C=O) groups excluding carboxylic acids is 1. The summed E-state index contributed by atoms with van der Waals surface area (Å²) in [7, 11) is 1.61. The molecule has 6 nitrogen and oxygen atoms in total. The summed E-state index contributed by atoms with van der Waals surface area (Å²) in [5, 5.41) is 0. The zero-order valence-electron chi connectivity index (χ0n) is 21.2. The van der Waals surface area contributed by atoms with Gasteiger partial charge in [0.05, 0.1) is 18.9 Å². The lowest BCUT2D eigenvalue weighted by Crippen LogP contribution is -2.36. The Morgan fingerprint density at radius 2 is 2.00 bits per heavy atom. The number of carbonyl (C=O) groups is 1. The summed E-state index contributed by atoms with van der Waals surface area (Å²) in [5.74, 6) is 0.663. The van der Waals surface area contributed by atoms with Crippen LogP contribution in [0, 0.1) is 11.7 Å². The molecule has 0 unspecified atom stereocenters. The van der Waals surface area contributed by atoms with Crippen LogP contribution in [0.3, 0.4) is 0 Å². The van der Waals surface area contributed by atoms with Gasteiger partial charge in [-0.05, 0) is 61.2 Å². The highest BCUT2D eigenvalue weighted by Gasteiger charge is 2.26. The lowest BCUT2D eigenvalue weighted by Gasteiger charge is -2.33. The van der Waals surface area contributed by atoms with Crippen LogP contribution in [0.15, 0.2) is 65.9 Å². The number of hydrogen-bond acceptors (Lipinski definition) is 6. The van der Waals surface area contributed by atoms with Crippen LogP contribution in [0.5, 0.6) is 5.75 Å². The fourth-order valence-electron chi connectivity index (χ4n) is 5.24. The molecule has 0 radical (unpaired) electrons. The summed E-state index contributed by atoms with van der Waals surface area (Å²) in [6, 6.07) is 14.8. The first-order chi connectivity index (χ1) is 18.1. The topological polar surface area (TPSA) is 64.0 Å². The molecule has 0 spiro atoms. The fraction of sp³-hybridized carbons (Fsp3) is 0.367. The van der Waals surface area contributed by atoms with E-state index in [1.165, 1.54) is 6.07 Å². The van der Waals surface area contributed by atoms with Gasteiger partial charge in [0.15, 0.2) is 5.78 Å². The third-order valence-electron chi connectivity index (χ3n) is 7.13. The number of rotatable bonds is 10. The first kappa shape index (κ1) is 25.2. The predicted octanol–water partition coefficient (Wildman–Crippen LogP) is 5.08. The van der Waals surface area contributed by atoms with Crippen LogP contribution in [0.4, 0.5) is 4.39 Å². The largest absolute Gasteiger partial charge is 0.491 e. The third-order valence-corrected chi connectivity index (χ3v) is 7.13. The minimum atomic E-state index is -0.266. The van der Waals surface area contributed by atoms with Crippen molar-refractivity contribution in [3.05, 3.63) is 94.6 Å². The zero-order chi connectivity index (χ0) is 25.6. The average Bonchev–Trinajstić information content (AvgIpc) is 3.35. The van der Waals surface area contributed by atoms with Crippen LogP contribution in [0.1, 0.15) is 51.9 Å². The molecule has 3 heterocycles. The quantitative estimate of drug-likeness (QED) is 0.286. The summed E-state index contributed by atoms with van der Waals surface area (Å²) >= 11 is 0. The molecule has 0 bridgehead atoms. The van der Waals surface area contributed by atoms with E-state index in [9.17, 15) is 9.18 Å². The van der Waals surface area contributed by atoms with Crippen molar-refractivity contribution >= 4 is 11.5 Å². The Morgan fingerprint density at radius 1 is 1.14 bits per heavy atom. The number of pyridine rings is 1. The van der Waals surface area contributed by atoms with Gasteiger partial charge in [0.1, 0.15) is 18.2 Å². The third kappa shape index (κ3) is 5.95. The molecule has 1 fully saturated rings. The molecule has 0 amide bonds. The number of aromatic nitrogens is 1. The van der Waals surface area contributed by atoms with E-state index in [1.54, 1.807) is 31.6 Å². The number of aliphatic imine (C=N–C) groups is 1. The number of nitrogens with zero attached hydrogens (tertiary/aromatic N) is 3. The highest BCUT2D eigenvalue weighted by atomic mass is 19.1. The van der Waals surface area contributed by atoms with Crippen molar-refractivity contribution in [2.45, 2.75) is 32.4 Å². The van der Waals surface area contributed by atoms with Crippen molar-refractivity contribution in [1.29, 1.82) is 0 Å². The van der Waals surface area contributed by atoms with Gasteiger partial charge in [-0.1, -0.05) is 18.2 Å². The smallest absolute Gasteiger partial charge is 0.163 e. The molecule has 0 N–H and O–H groups in total. The van der Waals surface area contributed by atoms with Crippen LogP contribution in [0.25, 0.3) is 0 Å². The summed E-state index contributed by atoms with van der Waals surface area (Å²) in [6.45, 7) is 3.55. The first-order valence-corrected chi connectivity index (χ1v) is 12.8. The molecule has 192 valence electrons. The molecule has 1 saturated heterocycles. The molecule has 1 atom stereocenters. The molecular weight excluding hydrogens is 469 g/mol. The molecule has 5 rings (SSSR count). The van der Waals surface area contributed by atoms with E-state index in [1.807, 2.05) is 30.3 Å². The summed E-state index contributed by atoms with van der Waals surface area (Å²) in [6.07, 6.45) is 5.97. The van der Waals surface area contributed by atoms with E-state index >= 15 is 0 Å². The molecule has 1 aromatic heterocycles. The summed E-state index contributed by atoms with van der Waals surface area (Å²) < 4.78 is 25.5. The molecule has 7 heteroatoms. The van der Waals surface area contributed by atoms with Crippen LogP contribution in [0.2, 0.25) is 0 Å². The second-order valence-electron chi connectivity index (χ2n) is 9.70. The standard InChI is InChI=1S/C30H32FN3O3/c1-36-14-15-37-29-6-2-5-27(31)26(29)20-34-13-3-4-21(19-34)16-28(35)23-7-8-24-18-33-30(25(24)17-23)22-9-11-32-12-10-22/h2,5-12,17,21H,3-4,13-16,18-20H2,1H3/t21-/m0/s1. The molecule has 2 aliphatic heterocycles. The number of hydrogen-bond donors (Lipinski definition) is 0. The zero-order valence-corrected chi connectivity index (χ0v) is 21.2. The second-order valence-corrected chi connectivity index (χ2v) is 9.70. The van der Waals surface area contributed by atoms with Crippen molar-refractivity contribution in [3.63, 3.8) is 0 Å². The number of Topliss-reactive ketones (excluding diaryl/α,β-unsaturated/α-hetero) is 1. The van der Waals surface area contributed by atoms with Crippen LogP contribution in [-0.4, -0.2) is 54.8 Å². The van der Waals surface area contributed by atoms with Crippen LogP contribution < -0.4 is 4.74 Å². The highest BCUT2D eigenvalue weighted by Crippen LogP contribution is 2.29. The number of benzene rings is 2. The Morgan fingerprint density at radius 3 is 2.84 bits per heavy atom. The lowest BCUT2D eigenvalue weighted by molar-refractivity contribution is 0.0910. The number of methoxy groups -OCH3 is 1. The van der Waals surface area contributed by atoms with Gasteiger partial charge in [-0.2, -0.15) is 0 Å². The molecular formula is C30H32FN3O3. The monoisotopic (exact) mass is 501 g/mol. The van der Waals surface area contributed by atoms with E-state index in [2.05, 4.69) is 9.88 Å². The van der Waals surface area contributed by atoms with E-state index in [0.717, 1.165) is 53.9 Å². The number of likely N-dealkylation sites (tertiary alicyclic amines) is 1. The Kier molecular flexibility index (Phi) is 8.02. The van der Waals surface area contributed by atoms with E-state index in [0.29, 0.717) is 44.0 Å². The number of ketones is 1. The highest BCUT2D eigenvalue weighted by molar-refractivity contribution is 6.16. The van der Waals surface area contributed by atoms with Crippen molar-refractivity contribution in [3.8, 4) is 5.75 Å². The van der Waals surface area contributed by atoms with Crippen molar-refractivity contribution in [2.75, 3.05) is 33.4 Å². The van der Waals surface area contributed by atoms with Gasteiger partial charge in [-0.25, -0.2) is 4.39 Å². The van der Waals surface area contributed by atoms with Crippen molar-refractivity contribution < 1.29 is 18.7 Å². The Balaban J connectivity index is 1.24. The Hall–Kier alpha value is -3.42. The second kappa shape index (κ2) is 11.8.